The number of hydrogen-bond acceptors (Lipinski definition) is 5. The highest BCUT2D eigenvalue weighted by atomic mass is 19.4. The number of pyridine rings is 1. The lowest BCUT2D eigenvalue weighted by Crippen LogP contribution is -2.38. The third kappa shape index (κ3) is 6.32. The molecule has 1 aromatic heterocycles. The molecule has 1 fully saturated rings. The average molecular weight is 347 g/mol. The topological polar surface area (TPSA) is 63.7 Å². The van der Waals surface area contributed by atoms with Crippen LogP contribution >= 0.6 is 0 Å². The van der Waals surface area contributed by atoms with Gasteiger partial charge in [0.2, 0.25) is 5.91 Å². The van der Waals surface area contributed by atoms with Crippen LogP contribution < -0.4 is 10.2 Å². The highest BCUT2D eigenvalue weighted by Crippen LogP contribution is 2.18. The van der Waals surface area contributed by atoms with Crippen LogP contribution in [-0.4, -0.2) is 56.6 Å². The number of carbonyl (C=O) groups excluding carboxylic acids is 1. The zero-order chi connectivity index (χ0) is 17.4. The Kier molecular flexibility index (Phi) is 6.80. The smallest absolute Gasteiger partial charge is 0.378 e. The molecule has 2 heterocycles. The fourth-order valence-electron chi connectivity index (χ4n) is 2.26. The molecule has 24 heavy (non-hydrogen) atoms. The molecule has 0 bridgehead atoms. The molecule has 9 heteroatoms. The summed E-state index contributed by atoms with van der Waals surface area (Å²) in [4.78, 5) is 18.1. The first-order valence-electron chi connectivity index (χ1n) is 7.63. The predicted molar refractivity (Wildman–Crippen MR) is 80.6 cm³/mol. The second-order valence-electron chi connectivity index (χ2n) is 5.28. The molecule has 0 spiro atoms. The number of halogens is 3. The van der Waals surface area contributed by atoms with Crippen LogP contribution in [0.5, 0.6) is 0 Å². The van der Waals surface area contributed by atoms with E-state index < -0.39 is 12.8 Å². The van der Waals surface area contributed by atoms with E-state index in [4.69, 9.17) is 4.74 Å². The maximum atomic E-state index is 11.9. The summed E-state index contributed by atoms with van der Waals surface area (Å²) < 4.78 is 45.5. The van der Waals surface area contributed by atoms with Crippen molar-refractivity contribution in [3.63, 3.8) is 0 Å². The fourth-order valence-corrected chi connectivity index (χ4v) is 2.26. The van der Waals surface area contributed by atoms with Crippen molar-refractivity contribution in [3.8, 4) is 0 Å². The fraction of sp³-hybridized carbons (Fsp3) is 0.600. The van der Waals surface area contributed by atoms with E-state index in [1.165, 1.54) is 0 Å². The first-order valence-corrected chi connectivity index (χ1v) is 7.63. The maximum Gasteiger partial charge on any atom is 0.411 e. The number of rotatable bonds is 7. The monoisotopic (exact) mass is 347 g/mol. The van der Waals surface area contributed by atoms with Gasteiger partial charge in [0.25, 0.3) is 0 Å². The average Bonchev–Trinajstić information content (AvgIpc) is 2.57. The highest BCUT2D eigenvalue weighted by molar-refractivity contribution is 5.76. The van der Waals surface area contributed by atoms with Crippen LogP contribution in [0.4, 0.5) is 19.0 Å². The first-order chi connectivity index (χ1) is 11.5. The number of alkyl halides is 3. The van der Waals surface area contributed by atoms with Gasteiger partial charge >= 0.3 is 6.18 Å². The first kappa shape index (κ1) is 18.5. The van der Waals surface area contributed by atoms with Crippen molar-refractivity contribution in [3.05, 3.63) is 23.9 Å². The standard InChI is InChI=1S/C15H20F3N3O3/c16-15(17,18)11-24-7-3-13(22)20-10-12-2-1-4-19-14(12)21-5-8-23-9-6-21/h1-2,4H,3,5-11H2,(H,20,22). The van der Waals surface area contributed by atoms with Crippen molar-refractivity contribution in [1.29, 1.82) is 0 Å². The minimum atomic E-state index is -4.38. The van der Waals surface area contributed by atoms with Crippen LogP contribution in [-0.2, 0) is 20.8 Å². The van der Waals surface area contributed by atoms with Gasteiger partial charge in [0.05, 0.1) is 19.8 Å². The summed E-state index contributed by atoms with van der Waals surface area (Å²) in [7, 11) is 0. The van der Waals surface area contributed by atoms with Gasteiger partial charge in [-0.3, -0.25) is 4.79 Å². The molecule has 0 unspecified atom stereocenters. The number of anilines is 1. The van der Waals surface area contributed by atoms with Crippen molar-refractivity contribution in [2.75, 3.05) is 44.4 Å². The van der Waals surface area contributed by atoms with Gasteiger partial charge in [-0.25, -0.2) is 4.98 Å². The third-order valence-corrected chi connectivity index (χ3v) is 3.39. The number of carbonyl (C=O) groups is 1. The second-order valence-corrected chi connectivity index (χ2v) is 5.28. The van der Waals surface area contributed by atoms with Crippen molar-refractivity contribution < 1.29 is 27.4 Å². The largest absolute Gasteiger partial charge is 0.411 e. The summed E-state index contributed by atoms with van der Waals surface area (Å²) in [5.74, 6) is 0.420. The normalized spacial score (nSPS) is 15.4. The number of hydrogen-bond donors (Lipinski definition) is 1. The number of morpholine rings is 1. The van der Waals surface area contributed by atoms with E-state index in [9.17, 15) is 18.0 Å². The lowest BCUT2D eigenvalue weighted by molar-refractivity contribution is -0.174. The van der Waals surface area contributed by atoms with Gasteiger partial charge in [-0.15, -0.1) is 0 Å². The van der Waals surface area contributed by atoms with E-state index in [0.717, 1.165) is 24.5 Å². The Labute approximate surface area is 137 Å². The van der Waals surface area contributed by atoms with Crippen LogP contribution in [0.3, 0.4) is 0 Å². The van der Waals surface area contributed by atoms with E-state index in [1.807, 2.05) is 6.07 Å². The Hall–Kier alpha value is -1.87. The molecular weight excluding hydrogens is 327 g/mol. The van der Waals surface area contributed by atoms with Crippen LogP contribution in [0.1, 0.15) is 12.0 Å². The van der Waals surface area contributed by atoms with Crippen LogP contribution in [0.25, 0.3) is 0 Å². The van der Waals surface area contributed by atoms with E-state index in [2.05, 4.69) is 19.9 Å². The van der Waals surface area contributed by atoms with Gasteiger partial charge in [-0.05, 0) is 6.07 Å². The number of amides is 1. The summed E-state index contributed by atoms with van der Waals surface area (Å²) >= 11 is 0. The van der Waals surface area contributed by atoms with Gasteiger partial charge in [0, 0.05) is 37.8 Å². The van der Waals surface area contributed by atoms with Gasteiger partial charge in [0.1, 0.15) is 12.4 Å². The molecule has 1 aliphatic heterocycles. The molecule has 1 N–H and O–H groups in total. The van der Waals surface area contributed by atoms with Crippen LogP contribution in [0, 0.1) is 0 Å². The van der Waals surface area contributed by atoms with Gasteiger partial charge < -0.3 is 19.7 Å². The molecule has 0 aliphatic carbocycles. The van der Waals surface area contributed by atoms with E-state index in [0.29, 0.717) is 13.2 Å². The lowest BCUT2D eigenvalue weighted by Gasteiger charge is -2.29. The molecule has 2 rings (SSSR count). The summed E-state index contributed by atoms with van der Waals surface area (Å²) in [6.07, 6.45) is -2.82. The second kappa shape index (κ2) is 8.84. The summed E-state index contributed by atoms with van der Waals surface area (Å²) in [5, 5.41) is 2.68. The molecule has 134 valence electrons. The molecule has 0 radical (unpaired) electrons. The summed E-state index contributed by atoms with van der Waals surface area (Å²) in [6, 6.07) is 3.64. The molecule has 0 saturated carbocycles. The Bertz CT molecular complexity index is 534. The third-order valence-electron chi connectivity index (χ3n) is 3.39. The quantitative estimate of drug-likeness (QED) is 0.758. The number of ether oxygens (including phenoxy) is 2. The summed E-state index contributed by atoms with van der Waals surface area (Å²) in [5.41, 5.74) is 0.851. The number of nitrogens with zero attached hydrogens (tertiary/aromatic N) is 2. The van der Waals surface area contributed by atoms with Crippen molar-refractivity contribution in [1.82, 2.24) is 10.3 Å². The van der Waals surface area contributed by atoms with Crippen molar-refractivity contribution >= 4 is 11.7 Å². The molecular formula is C15H20F3N3O3. The lowest BCUT2D eigenvalue weighted by atomic mass is 10.2. The number of aromatic nitrogens is 1. The van der Waals surface area contributed by atoms with Crippen molar-refractivity contribution in [2.45, 2.75) is 19.1 Å². The molecule has 0 aromatic carbocycles. The van der Waals surface area contributed by atoms with Gasteiger partial charge in [-0.1, -0.05) is 6.07 Å². The SMILES string of the molecule is O=C(CCOCC(F)(F)F)NCc1cccnc1N1CCOCC1. The highest BCUT2D eigenvalue weighted by Gasteiger charge is 2.27. The zero-order valence-electron chi connectivity index (χ0n) is 13.1. The predicted octanol–water partition coefficient (Wildman–Crippen LogP) is 1.50. The van der Waals surface area contributed by atoms with Gasteiger partial charge in [-0.2, -0.15) is 13.2 Å². The minimum absolute atomic E-state index is 0.122. The Morgan fingerprint density at radius 3 is 2.83 bits per heavy atom. The minimum Gasteiger partial charge on any atom is -0.378 e. The van der Waals surface area contributed by atoms with Crippen molar-refractivity contribution in [2.24, 2.45) is 0 Å². The molecule has 1 aromatic rings. The van der Waals surface area contributed by atoms with Crippen LogP contribution in [0.2, 0.25) is 0 Å². The van der Waals surface area contributed by atoms with E-state index in [-0.39, 0.29) is 25.5 Å². The maximum absolute atomic E-state index is 11.9. The zero-order valence-corrected chi connectivity index (χ0v) is 13.1. The molecule has 1 amide bonds. The van der Waals surface area contributed by atoms with Gasteiger partial charge in [0.15, 0.2) is 0 Å². The van der Waals surface area contributed by atoms with Crippen LogP contribution in [0.15, 0.2) is 18.3 Å². The molecule has 0 atom stereocenters. The number of nitrogens with one attached hydrogen (secondary N) is 1. The summed E-state index contributed by atoms with van der Waals surface area (Å²) in [6.45, 7) is 1.35. The molecule has 6 nitrogen and oxygen atoms in total. The molecule has 1 aliphatic rings. The Balaban J connectivity index is 1.78. The van der Waals surface area contributed by atoms with E-state index >= 15 is 0 Å². The Morgan fingerprint density at radius 2 is 2.12 bits per heavy atom. The Morgan fingerprint density at radius 1 is 1.38 bits per heavy atom. The molecule has 1 saturated heterocycles. The van der Waals surface area contributed by atoms with E-state index in [1.54, 1.807) is 12.3 Å².